The van der Waals surface area contributed by atoms with Crippen molar-refractivity contribution in [1.82, 2.24) is 9.36 Å². The average molecular weight is 237 g/mol. The van der Waals surface area contributed by atoms with Gasteiger partial charge in [0.05, 0.1) is 11.7 Å². The van der Waals surface area contributed by atoms with E-state index in [2.05, 4.69) is 0 Å². The van der Waals surface area contributed by atoms with Crippen LogP contribution in [0.25, 0.3) is 0 Å². The van der Waals surface area contributed by atoms with Crippen LogP contribution in [0.4, 0.5) is 5.69 Å². The van der Waals surface area contributed by atoms with Crippen molar-refractivity contribution in [3.05, 3.63) is 16.0 Å². The van der Waals surface area contributed by atoms with Gasteiger partial charge < -0.3 is 4.90 Å². The maximum absolute atomic E-state index is 12.5. The number of rotatable bonds is 2. The second-order valence-corrected chi connectivity index (χ2v) is 5.29. The Balaban J connectivity index is 2.47. The summed E-state index contributed by atoms with van der Waals surface area (Å²) in [6, 6.07) is 0.397. The van der Waals surface area contributed by atoms with E-state index < -0.39 is 0 Å². The third-order valence-electron chi connectivity index (χ3n) is 3.93. The third-order valence-corrected chi connectivity index (χ3v) is 3.93. The molecule has 0 saturated heterocycles. The van der Waals surface area contributed by atoms with Crippen LogP contribution in [0.1, 0.15) is 43.8 Å². The van der Waals surface area contributed by atoms with Crippen LogP contribution < -0.4 is 10.5 Å². The Hall–Kier alpha value is -1.19. The van der Waals surface area contributed by atoms with Gasteiger partial charge in [-0.05, 0) is 19.8 Å². The molecule has 1 aromatic heterocycles. The maximum atomic E-state index is 12.5. The molecule has 0 aromatic carbocycles. The standard InChI is InChI=1S/C13H23N3O/c1-10-12(14(2)3)13(17)16(15(10)4)11-8-6-5-7-9-11/h11H,5-9H2,1-4H3. The normalized spacial score (nSPS) is 17.4. The van der Waals surface area contributed by atoms with Crippen molar-refractivity contribution in [2.45, 2.75) is 45.1 Å². The zero-order valence-electron chi connectivity index (χ0n) is 11.4. The number of anilines is 1. The molecule has 0 bridgehead atoms. The summed E-state index contributed by atoms with van der Waals surface area (Å²) in [5.41, 5.74) is 2.06. The minimum absolute atomic E-state index is 0.168. The molecular formula is C13H23N3O. The van der Waals surface area contributed by atoms with Gasteiger partial charge in [-0.2, -0.15) is 0 Å². The predicted molar refractivity (Wildman–Crippen MR) is 70.9 cm³/mol. The van der Waals surface area contributed by atoms with E-state index in [4.69, 9.17) is 0 Å². The molecule has 96 valence electrons. The van der Waals surface area contributed by atoms with E-state index in [0.29, 0.717) is 6.04 Å². The molecule has 4 heteroatoms. The molecule has 0 amide bonds. The molecular weight excluding hydrogens is 214 g/mol. The number of aromatic nitrogens is 2. The summed E-state index contributed by atoms with van der Waals surface area (Å²) in [5.74, 6) is 0. The van der Waals surface area contributed by atoms with E-state index in [0.717, 1.165) is 24.2 Å². The first kappa shape index (κ1) is 12.3. The molecule has 1 fully saturated rings. The third kappa shape index (κ3) is 2.01. The van der Waals surface area contributed by atoms with E-state index in [1.807, 2.05) is 42.3 Å². The first-order valence-corrected chi connectivity index (χ1v) is 6.49. The molecule has 1 aromatic rings. The summed E-state index contributed by atoms with van der Waals surface area (Å²) < 4.78 is 4.00. The molecule has 1 aliphatic rings. The number of nitrogens with zero attached hydrogens (tertiary/aromatic N) is 3. The van der Waals surface area contributed by atoms with Gasteiger partial charge in [0.25, 0.3) is 5.56 Å². The maximum Gasteiger partial charge on any atom is 0.290 e. The van der Waals surface area contributed by atoms with Crippen LogP contribution in [0.5, 0.6) is 0 Å². The quantitative estimate of drug-likeness (QED) is 0.788. The molecule has 0 unspecified atom stereocenters. The highest BCUT2D eigenvalue weighted by Crippen LogP contribution is 2.28. The molecule has 0 spiro atoms. The molecule has 1 saturated carbocycles. The zero-order valence-corrected chi connectivity index (χ0v) is 11.4. The van der Waals surface area contributed by atoms with Crippen LogP contribution in [0.15, 0.2) is 4.79 Å². The van der Waals surface area contributed by atoms with Gasteiger partial charge in [-0.1, -0.05) is 19.3 Å². The summed E-state index contributed by atoms with van der Waals surface area (Å²) >= 11 is 0. The van der Waals surface area contributed by atoms with Crippen LogP contribution in [-0.4, -0.2) is 23.5 Å². The highest BCUT2D eigenvalue weighted by atomic mass is 16.1. The van der Waals surface area contributed by atoms with E-state index >= 15 is 0 Å². The minimum atomic E-state index is 0.168. The Morgan fingerprint density at radius 2 is 1.76 bits per heavy atom. The second kappa shape index (κ2) is 4.59. The van der Waals surface area contributed by atoms with E-state index in [1.54, 1.807) is 0 Å². The Labute approximate surface area is 103 Å². The van der Waals surface area contributed by atoms with Crippen molar-refractivity contribution < 1.29 is 0 Å². The summed E-state index contributed by atoms with van der Waals surface area (Å²) in [5, 5.41) is 0. The predicted octanol–water partition coefficient (Wildman–Crippen LogP) is 2.07. The van der Waals surface area contributed by atoms with Gasteiger partial charge in [0.1, 0.15) is 5.69 Å². The molecule has 0 atom stereocenters. The molecule has 4 nitrogen and oxygen atoms in total. The minimum Gasteiger partial charge on any atom is -0.372 e. The smallest absolute Gasteiger partial charge is 0.290 e. The van der Waals surface area contributed by atoms with Crippen molar-refractivity contribution in [2.24, 2.45) is 7.05 Å². The van der Waals surface area contributed by atoms with Crippen molar-refractivity contribution in [3.63, 3.8) is 0 Å². The van der Waals surface area contributed by atoms with Crippen LogP contribution in [0.2, 0.25) is 0 Å². The lowest BCUT2D eigenvalue weighted by Crippen LogP contribution is -2.29. The molecule has 1 heterocycles. The molecule has 17 heavy (non-hydrogen) atoms. The molecule has 0 aliphatic heterocycles. The highest BCUT2D eigenvalue weighted by Gasteiger charge is 2.23. The van der Waals surface area contributed by atoms with Crippen molar-refractivity contribution >= 4 is 5.69 Å². The van der Waals surface area contributed by atoms with Gasteiger partial charge in [-0.3, -0.25) is 9.48 Å². The summed E-state index contributed by atoms with van der Waals surface area (Å²) in [7, 11) is 5.88. The van der Waals surface area contributed by atoms with Crippen LogP contribution >= 0.6 is 0 Å². The largest absolute Gasteiger partial charge is 0.372 e. The first-order valence-electron chi connectivity index (χ1n) is 6.49. The second-order valence-electron chi connectivity index (χ2n) is 5.29. The lowest BCUT2D eigenvalue weighted by molar-refractivity contribution is 0.293. The Morgan fingerprint density at radius 3 is 2.24 bits per heavy atom. The number of hydrogen-bond donors (Lipinski definition) is 0. The van der Waals surface area contributed by atoms with E-state index in [9.17, 15) is 4.79 Å². The van der Waals surface area contributed by atoms with Crippen molar-refractivity contribution in [3.8, 4) is 0 Å². The van der Waals surface area contributed by atoms with Gasteiger partial charge in [-0.15, -0.1) is 0 Å². The fourth-order valence-electron chi connectivity index (χ4n) is 2.97. The Morgan fingerprint density at radius 1 is 1.18 bits per heavy atom. The fraction of sp³-hybridized carbons (Fsp3) is 0.769. The van der Waals surface area contributed by atoms with Gasteiger partial charge in [0, 0.05) is 21.1 Å². The lowest BCUT2D eigenvalue weighted by atomic mass is 9.96. The SMILES string of the molecule is Cc1c(N(C)C)c(=O)n(C2CCCCC2)n1C. The van der Waals surface area contributed by atoms with Crippen molar-refractivity contribution in [2.75, 3.05) is 19.0 Å². The molecule has 0 N–H and O–H groups in total. The highest BCUT2D eigenvalue weighted by molar-refractivity contribution is 5.47. The first-order chi connectivity index (χ1) is 8.04. The molecule has 0 radical (unpaired) electrons. The number of hydrogen-bond acceptors (Lipinski definition) is 2. The van der Waals surface area contributed by atoms with Crippen molar-refractivity contribution in [1.29, 1.82) is 0 Å². The summed E-state index contributed by atoms with van der Waals surface area (Å²) in [6.45, 7) is 2.02. The van der Waals surface area contributed by atoms with Gasteiger partial charge in [-0.25, -0.2) is 4.68 Å². The monoisotopic (exact) mass is 237 g/mol. The van der Waals surface area contributed by atoms with E-state index in [-0.39, 0.29) is 5.56 Å². The summed E-state index contributed by atoms with van der Waals surface area (Å²) in [6.07, 6.45) is 6.10. The molecule has 2 rings (SSSR count). The van der Waals surface area contributed by atoms with Gasteiger partial charge >= 0.3 is 0 Å². The lowest BCUT2D eigenvalue weighted by Gasteiger charge is -2.24. The zero-order chi connectivity index (χ0) is 12.6. The van der Waals surface area contributed by atoms with Gasteiger partial charge in [0.15, 0.2) is 0 Å². The van der Waals surface area contributed by atoms with Crippen LogP contribution in [-0.2, 0) is 7.05 Å². The van der Waals surface area contributed by atoms with Gasteiger partial charge in [0.2, 0.25) is 0 Å². The topological polar surface area (TPSA) is 30.2 Å². The summed E-state index contributed by atoms with van der Waals surface area (Å²) in [4.78, 5) is 14.4. The Kier molecular flexibility index (Phi) is 3.31. The molecule has 1 aliphatic carbocycles. The van der Waals surface area contributed by atoms with E-state index in [1.165, 1.54) is 19.3 Å². The van der Waals surface area contributed by atoms with Crippen LogP contribution in [0, 0.1) is 6.92 Å². The average Bonchev–Trinajstić information content (AvgIpc) is 2.51. The van der Waals surface area contributed by atoms with Crippen LogP contribution in [0.3, 0.4) is 0 Å². The Bertz CT molecular complexity index is 450. The fourth-order valence-corrected chi connectivity index (χ4v) is 2.97.